The van der Waals surface area contributed by atoms with Gasteiger partial charge in [-0.05, 0) is 60.4 Å². The van der Waals surface area contributed by atoms with Gasteiger partial charge in [-0.1, -0.05) is 140 Å². The Balaban J connectivity index is 1.46. The van der Waals surface area contributed by atoms with Crippen molar-refractivity contribution >= 4 is 34.8 Å². The molecule has 1 aliphatic rings. The van der Waals surface area contributed by atoms with E-state index in [2.05, 4.69) is 6.58 Å². The summed E-state index contributed by atoms with van der Waals surface area (Å²) in [5, 5.41) is 6.91. The summed E-state index contributed by atoms with van der Waals surface area (Å²) < 4.78 is 6.30. The van der Waals surface area contributed by atoms with Crippen molar-refractivity contribution < 1.29 is 14.3 Å². The molecule has 1 heterocycles. The van der Waals surface area contributed by atoms with Crippen LogP contribution in [0.4, 0.5) is 0 Å². The highest BCUT2D eigenvalue weighted by molar-refractivity contribution is 6.30. The van der Waals surface area contributed by atoms with Crippen LogP contribution in [0.25, 0.3) is 5.57 Å². The van der Waals surface area contributed by atoms with Crippen molar-refractivity contribution in [1.82, 2.24) is 5.01 Å². The minimum Gasteiger partial charge on any atom is -0.426 e. The van der Waals surface area contributed by atoms with E-state index in [-0.39, 0.29) is 12.3 Å². The largest absolute Gasteiger partial charge is 0.426 e. The van der Waals surface area contributed by atoms with Crippen molar-refractivity contribution in [3.8, 4) is 0 Å². The molecule has 5 nitrogen and oxygen atoms in total. The molecule has 0 saturated carbocycles. The van der Waals surface area contributed by atoms with Crippen LogP contribution in [-0.2, 0) is 9.53 Å². The number of rotatable bonds is 9. The summed E-state index contributed by atoms with van der Waals surface area (Å²) in [6.45, 7) is 8.35. The first-order valence-corrected chi connectivity index (χ1v) is 16.1. The first-order chi connectivity index (χ1) is 23.2. The lowest BCUT2D eigenvalue weighted by atomic mass is 9.82. The molecule has 5 aromatic carbocycles. The zero-order valence-corrected chi connectivity index (χ0v) is 27.6. The molecule has 0 saturated heterocycles. The van der Waals surface area contributed by atoms with Gasteiger partial charge in [-0.15, -0.1) is 0 Å². The first kappa shape index (κ1) is 32.4. The summed E-state index contributed by atoms with van der Waals surface area (Å²) in [6.07, 6.45) is 0.148. The van der Waals surface area contributed by atoms with Gasteiger partial charge in [0.05, 0.1) is 17.2 Å². The van der Waals surface area contributed by atoms with Crippen LogP contribution in [0, 0.1) is 5.41 Å². The lowest BCUT2D eigenvalue weighted by molar-refractivity contribution is -0.130. The van der Waals surface area contributed by atoms with Crippen LogP contribution in [0.5, 0.6) is 0 Å². The van der Waals surface area contributed by atoms with E-state index in [9.17, 15) is 9.59 Å². The molecule has 0 atom stereocenters. The fraction of sp³-hybridized carbons (Fsp3) is 0.119. The maximum Gasteiger partial charge on any atom is 0.343 e. The van der Waals surface area contributed by atoms with Crippen LogP contribution in [0.3, 0.4) is 0 Å². The zero-order chi connectivity index (χ0) is 33.7. The lowest BCUT2D eigenvalue weighted by Gasteiger charge is -2.27. The fourth-order valence-corrected chi connectivity index (χ4v) is 5.98. The molecule has 0 unspecified atom stereocenters. The summed E-state index contributed by atoms with van der Waals surface area (Å²) in [4.78, 5) is 28.2. The predicted molar refractivity (Wildman–Crippen MR) is 192 cm³/mol. The van der Waals surface area contributed by atoms with Crippen LogP contribution in [0.2, 0.25) is 5.02 Å². The number of nitrogens with zero attached hydrogens (tertiary/aromatic N) is 2. The Morgan fingerprint density at radius 3 is 1.65 bits per heavy atom. The molecule has 6 rings (SSSR count). The third kappa shape index (κ3) is 6.78. The van der Waals surface area contributed by atoms with E-state index in [1.165, 1.54) is 5.01 Å². The Morgan fingerprint density at radius 2 is 1.17 bits per heavy atom. The first-order valence-electron chi connectivity index (χ1n) is 15.8. The molecule has 1 amide bonds. The highest BCUT2D eigenvalue weighted by atomic mass is 35.5. The van der Waals surface area contributed by atoms with E-state index in [4.69, 9.17) is 21.4 Å². The van der Waals surface area contributed by atoms with Gasteiger partial charge in [0.15, 0.2) is 0 Å². The van der Waals surface area contributed by atoms with Gasteiger partial charge in [-0.3, -0.25) is 4.79 Å². The van der Waals surface area contributed by atoms with Gasteiger partial charge in [0.2, 0.25) is 0 Å². The smallest absolute Gasteiger partial charge is 0.343 e. The Hall–Kier alpha value is -5.52. The zero-order valence-electron chi connectivity index (χ0n) is 26.8. The molecule has 0 fully saturated rings. The number of benzene rings is 5. The molecule has 0 spiro atoms. The minimum atomic E-state index is -0.732. The molecule has 238 valence electrons. The van der Waals surface area contributed by atoms with E-state index >= 15 is 0 Å². The van der Waals surface area contributed by atoms with Gasteiger partial charge in [-0.2, -0.15) is 5.10 Å². The van der Waals surface area contributed by atoms with E-state index in [1.54, 1.807) is 24.3 Å². The number of esters is 1. The van der Waals surface area contributed by atoms with Crippen LogP contribution >= 0.6 is 11.6 Å². The Labute approximate surface area is 286 Å². The molecular formula is C42H35ClN2O3. The minimum absolute atomic E-state index is 0.148. The SMILES string of the molecule is C=C1N(C(=O)C(c2ccccc2)c2ccccc2)N=C(CC(OC(=O)c2ccc(Cl)cc2)=C(c2ccccc2)c2ccccc2)C1(C)C. The maximum absolute atomic E-state index is 14.5. The Bertz CT molecular complexity index is 1910. The van der Waals surface area contributed by atoms with Crippen LogP contribution in [-0.4, -0.2) is 22.6 Å². The van der Waals surface area contributed by atoms with Crippen LogP contribution in [0.15, 0.2) is 169 Å². The summed E-state index contributed by atoms with van der Waals surface area (Å²) in [6, 6.07) is 45.6. The summed E-state index contributed by atoms with van der Waals surface area (Å²) >= 11 is 6.11. The highest BCUT2D eigenvalue weighted by Crippen LogP contribution is 2.42. The lowest BCUT2D eigenvalue weighted by Crippen LogP contribution is -2.32. The quantitative estimate of drug-likeness (QED) is 0.118. The van der Waals surface area contributed by atoms with Crippen molar-refractivity contribution in [2.24, 2.45) is 10.5 Å². The molecule has 1 aliphatic heterocycles. The number of hydrogen-bond acceptors (Lipinski definition) is 4. The number of hydrazone groups is 1. The normalized spacial score (nSPS) is 13.6. The molecule has 0 bridgehead atoms. The van der Waals surface area contributed by atoms with Gasteiger partial charge in [0.25, 0.3) is 5.91 Å². The van der Waals surface area contributed by atoms with Crippen LogP contribution < -0.4 is 0 Å². The third-order valence-electron chi connectivity index (χ3n) is 8.67. The average molecular weight is 651 g/mol. The molecular weight excluding hydrogens is 616 g/mol. The van der Waals surface area contributed by atoms with E-state index < -0.39 is 17.3 Å². The number of carbonyl (C=O) groups excluding carboxylic acids is 2. The second-order valence-electron chi connectivity index (χ2n) is 12.1. The van der Waals surface area contributed by atoms with Gasteiger partial charge < -0.3 is 4.74 Å². The van der Waals surface area contributed by atoms with Gasteiger partial charge >= 0.3 is 5.97 Å². The highest BCUT2D eigenvalue weighted by Gasteiger charge is 2.43. The monoisotopic (exact) mass is 650 g/mol. The summed E-state index contributed by atoms with van der Waals surface area (Å²) in [5.74, 6) is -0.924. The van der Waals surface area contributed by atoms with E-state index in [0.717, 1.165) is 27.8 Å². The number of allylic oxidation sites excluding steroid dienone is 2. The molecule has 0 N–H and O–H groups in total. The number of amides is 1. The van der Waals surface area contributed by atoms with E-state index in [0.29, 0.717) is 27.8 Å². The fourth-order valence-electron chi connectivity index (χ4n) is 5.85. The molecule has 5 aromatic rings. The molecule has 6 heteroatoms. The number of halogens is 1. The predicted octanol–water partition coefficient (Wildman–Crippen LogP) is 9.92. The third-order valence-corrected chi connectivity index (χ3v) is 8.92. The molecule has 0 aromatic heterocycles. The number of carbonyl (C=O) groups is 2. The second-order valence-corrected chi connectivity index (χ2v) is 12.6. The number of hydrogen-bond donors (Lipinski definition) is 0. The average Bonchev–Trinajstić information content (AvgIpc) is 3.34. The Morgan fingerprint density at radius 1 is 0.708 bits per heavy atom. The molecule has 0 aliphatic carbocycles. The van der Waals surface area contributed by atoms with Crippen molar-refractivity contribution in [3.05, 3.63) is 196 Å². The van der Waals surface area contributed by atoms with Crippen molar-refractivity contribution in [2.45, 2.75) is 26.2 Å². The topological polar surface area (TPSA) is 59.0 Å². The second kappa shape index (κ2) is 14.1. The van der Waals surface area contributed by atoms with Crippen molar-refractivity contribution in [1.29, 1.82) is 0 Å². The van der Waals surface area contributed by atoms with Gasteiger partial charge in [0, 0.05) is 28.1 Å². The number of ether oxygens (including phenoxy) is 1. The van der Waals surface area contributed by atoms with Crippen molar-refractivity contribution in [2.75, 3.05) is 0 Å². The van der Waals surface area contributed by atoms with Crippen LogP contribution in [0.1, 0.15) is 58.8 Å². The maximum atomic E-state index is 14.5. The standard InChI is InChI=1S/C42H35ClN2O3/c1-29-42(2,3)37(44-45(29)40(46)39(32-20-12-6-13-21-32)33-22-14-7-15-23-33)28-36(48-41(47)34-24-26-35(43)27-25-34)38(30-16-8-4-9-17-30)31-18-10-5-11-19-31/h4-27,39H,1,28H2,2-3H3. The van der Waals surface area contributed by atoms with Gasteiger partial charge in [-0.25, -0.2) is 9.80 Å². The van der Waals surface area contributed by atoms with E-state index in [1.807, 2.05) is 135 Å². The molecule has 48 heavy (non-hydrogen) atoms. The van der Waals surface area contributed by atoms with Crippen molar-refractivity contribution in [3.63, 3.8) is 0 Å². The van der Waals surface area contributed by atoms with Gasteiger partial charge in [0.1, 0.15) is 5.76 Å². The Kier molecular flexibility index (Phi) is 9.51. The summed E-state index contributed by atoms with van der Waals surface area (Å²) in [5.41, 5.74) is 5.03. The molecule has 0 radical (unpaired) electrons. The summed E-state index contributed by atoms with van der Waals surface area (Å²) in [7, 11) is 0.